The third-order valence-electron chi connectivity index (χ3n) is 12.8. The van der Waals surface area contributed by atoms with Crippen molar-refractivity contribution in [2.24, 2.45) is 46.3 Å². The van der Waals surface area contributed by atoms with E-state index in [4.69, 9.17) is 4.74 Å². The second-order valence-corrected chi connectivity index (χ2v) is 14.4. The first-order valence-corrected chi connectivity index (χ1v) is 16.0. The number of nitrogens with zero attached hydrogens (tertiary/aromatic N) is 1. The Balaban J connectivity index is 1.20. The van der Waals surface area contributed by atoms with Gasteiger partial charge in [-0.3, -0.25) is 4.79 Å². The van der Waals surface area contributed by atoms with Crippen LogP contribution in [0.15, 0.2) is 0 Å². The van der Waals surface area contributed by atoms with Crippen LogP contribution in [0.5, 0.6) is 0 Å². The number of rotatable bonds is 8. The first kappa shape index (κ1) is 27.9. The number of methoxy groups -OCH3 is 1. The summed E-state index contributed by atoms with van der Waals surface area (Å²) in [6, 6.07) is 0.631. The van der Waals surface area contributed by atoms with Gasteiger partial charge in [-0.05, 0) is 130 Å². The van der Waals surface area contributed by atoms with Gasteiger partial charge in [0.15, 0.2) is 0 Å². The van der Waals surface area contributed by atoms with E-state index in [0.717, 1.165) is 19.4 Å². The van der Waals surface area contributed by atoms with E-state index in [0.29, 0.717) is 58.8 Å². The molecule has 0 aromatic heterocycles. The standard InChI is InChI=1S/C32H56N2O3/c1-22(8-11-29(36)37-4)25-9-10-26-30-27(13-15-32(25,26)3)31(2)14-12-24(20-23(31)21-28(30)35)33-16-19-34-17-6-5-7-18-34/h22-28,30,33,35H,5-21H2,1-4H3/t22-,23+,24-,25-,26?,27?,28-,30?,31+,32-/m1/s1. The fourth-order valence-electron chi connectivity index (χ4n) is 10.6. The lowest BCUT2D eigenvalue weighted by molar-refractivity contribution is -0.167. The topological polar surface area (TPSA) is 61.8 Å². The van der Waals surface area contributed by atoms with Crippen LogP contribution in [0.4, 0.5) is 0 Å². The highest BCUT2D eigenvalue weighted by Gasteiger charge is 2.62. The number of carbonyl (C=O) groups is 1. The summed E-state index contributed by atoms with van der Waals surface area (Å²) in [6.45, 7) is 12.4. The Morgan fingerprint density at radius 1 is 1.03 bits per heavy atom. The van der Waals surface area contributed by atoms with Gasteiger partial charge in [-0.2, -0.15) is 0 Å². The van der Waals surface area contributed by atoms with E-state index < -0.39 is 0 Å². The molecule has 0 radical (unpaired) electrons. The predicted octanol–water partition coefficient (Wildman–Crippen LogP) is 5.65. The molecule has 5 heteroatoms. The first-order valence-electron chi connectivity index (χ1n) is 16.0. The summed E-state index contributed by atoms with van der Waals surface area (Å²) in [5.41, 5.74) is 0.707. The molecule has 1 saturated heterocycles. The van der Waals surface area contributed by atoms with Crippen molar-refractivity contribution >= 4 is 5.97 Å². The molecule has 0 aromatic carbocycles. The molecule has 0 bridgehead atoms. The molecular formula is C32H56N2O3. The van der Waals surface area contributed by atoms with Gasteiger partial charge in [0.25, 0.3) is 0 Å². The number of nitrogens with one attached hydrogen (secondary N) is 1. The maximum Gasteiger partial charge on any atom is 0.305 e. The van der Waals surface area contributed by atoms with Crippen LogP contribution in [-0.4, -0.2) is 61.4 Å². The molecule has 4 aliphatic carbocycles. The van der Waals surface area contributed by atoms with Crippen molar-refractivity contribution in [1.29, 1.82) is 0 Å². The summed E-state index contributed by atoms with van der Waals surface area (Å²) < 4.78 is 4.92. The molecule has 1 aliphatic heterocycles. The summed E-state index contributed by atoms with van der Waals surface area (Å²) in [5.74, 6) is 3.59. The number of carbonyl (C=O) groups excluding carboxylic acids is 1. The zero-order chi connectivity index (χ0) is 26.2. The number of ether oxygens (including phenoxy) is 1. The molecule has 2 N–H and O–H groups in total. The average molecular weight is 517 g/mol. The molecule has 212 valence electrons. The molecule has 1 heterocycles. The molecule has 5 nitrogen and oxygen atoms in total. The average Bonchev–Trinajstić information content (AvgIpc) is 3.25. The van der Waals surface area contributed by atoms with Crippen molar-refractivity contribution in [1.82, 2.24) is 10.2 Å². The molecule has 10 atom stereocenters. The Morgan fingerprint density at radius 2 is 1.76 bits per heavy atom. The predicted molar refractivity (Wildman–Crippen MR) is 149 cm³/mol. The summed E-state index contributed by atoms with van der Waals surface area (Å²) in [7, 11) is 1.50. The van der Waals surface area contributed by atoms with Gasteiger partial charge in [0.05, 0.1) is 13.2 Å². The van der Waals surface area contributed by atoms with Crippen molar-refractivity contribution in [3.63, 3.8) is 0 Å². The van der Waals surface area contributed by atoms with Crippen molar-refractivity contribution in [3.8, 4) is 0 Å². The van der Waals surface area contributed by atoms with Crippen LogP contribution in [0, 0.1) is 46.3 Å². The number of hydrogen-bond donors (Lipinski definition) is 2. The molecule has 4 saturated carbocycles. The van der Waals surface area contributed by atoms with E-state index in [9.17, 15) is 9.90 Å². The molecule has 0 spiro atoms. The van der Waals surface area contributed by atoms with Crippen molar-refractivity contribution in [3.05, 3.63) is 0 Å². The van der Waals surface area contributed by atoms with Gasteiger partial charge in [-0.15, -0.1) is 0 Å². The minimum Gasteiger partial charge on any atom is -0.469 e. The fourth-order valence-corrected chi connectivity index (χ4v) is 10.6. The molecule has 5 fully saturated rings. The Morgan fingerprint density at radius 3 is 2.51 bits per heavy atom. The fraction of sp³-hybridized carbons (Fsp3) is 0.969. The van der Waals surface area contributed by atoms with Crippen LogP contribution in [0.25, 0.3) is 0 Å². The van der Waals surface area contributed by atoms with Crippen LogP contribution >= 0.6 is 0 Å². The minimum atomic E-state index is -0.135. The third kappa shape index (κ3) is 5.40. The van der Waals surface area contributed by atoms with Gasteiger partial charge in [-0.25, -0.2) is 0 Å². The van der Waals surface area contributed by atoms with Crippen LogP contribution in [0.2, 0.25) is 0 Å². The highest BCUT2D eigenvalue weighted by Crippen LogP contribution is 2.68. The second-order valence-electron chi connectivity index (χ2n) is 14.4. The number of likely N-dealkylation sites (tertiary alicyclic amines) is 1. The smallest absolute Gasteiger partial charge is 0.305 e. The summed E-state index contributed by atoms with van der Waals surface area (Å²) in [4.78, 5) is 14.4. The normalized spacial score (nSPS) is 44.9. The van der Waals surface area contributed by atoms with Gasteiger partial charge in [-0.1, -0.05) is 27.2 Å². The Hall–Kier alpha value is -0.650. The van der Waals surface area contributed by atoms with Crippen molar-refractivity contribution < 1.29 is 14.6 Å². The van der Waals surface area contributed by atoms with E-state index >= 15 is 0 Å². The van der Waals surface area contributed by atoms with E-state index in [1.807, 2.05) is 0 Å². The van der Waals surface area contributed by atoms with Gasteiger partial charge < -0.3 is 20.1 Å². The zero-order valence-corrected chi connectivity index (χ0v) is 24.4. The lowest BCUT2D eigenvalue weighted by Gasteiger charge is -2.62. The highest BCUT2D eigenvalue weighted by atomic mass is 16.5. The van der Waals surface area contributed by atoms with E-state index in [1.165, 1.54) is 91.0 Å². The van der Waals surface area contributed by atoms with Crippen LogP contribution in [0.1, 0.15) is 104 Å². The van der Waals surface area contributed by atoms with Crippen molar-refractivity contribution in [2.45, 2.75) is 116 Å². The Kier molecular flexibility index (Phi) is 8.64. The van der Waals surface area contributed by atoms with E-state index in [1.54, 1.807) is 0 Å². The number of hydrogen-bond acceptors (Lipinski definition) is 5. The molecular weight excluding hydrogens is 460 g/mol. The zero-order valence-electron chi connectivity index (χ0n) is 24.4. The lowest BCUT2D eigenvalue weighted by atomic mass is 9.43. The monoisotopic (exact) mass is 516 g/mol. The summed E-state index contributed by atoms with van der Waals surface area (Å²) in [5, 5.41) is 15.6. The third-order valence-corrected chi connectivity index (χ3v) is 12.8. The van der Waals surface area contributed by atoms with Gasteiger partial charge in [0.2, 0.25) is 0 Å². The first-order chi connectivity index (χ1) is 17.8. The molecule has 0 aromatic rings. The molecule has 37 heavy (non-hydrogen) atoms. The van der Waals surface area contributed by atoms with Crippen LogP contribution in [-0.2, 0) is 9.53 Å². The highest BCUT2D eigenvalue weighted by molar-refractivity contribution is 5.69. The summed E-state index contributed by atoms with van der Waals surface area (Å²) in [6.07, 6.45) is 15.5. The number of aliphatic hydroxyl groups excluding tert-OH is 1. The Bertz CT molecular complexity index is 784. The maximum absolute atomic E-state index is 11.8. The maximum atomic E-state index is 11.8. The number of esters is 1. The molecule has 3 unspecified atom stereocenters. The lowest BCUT2D eigenvalue weighted by Crippen LogP contribution is -2.59. The molecule has 5 aliphatic rings. The Labute approximate surface area is 226 Å². The van der Waals surface area contributed by atoms with E-state index in [-0.39, 0.29) is 12.1 Å². The van der Waals surface area contributed by atoms with Gasteiger partial charge in [0.1, 0.15) is 0 Å². The number of piperidine rings is 1. The minimum absolute atomic E-state index is 0.0754. The van der Waals surface area contributed by atoms with Gasteiger partial charge >= 0.3 is 5.97 Å². The quantitative estimate of drug-likeness (QED) is 0.408. The van der Waals surface area contributed by atoms with E-state index in [2.05, 4.69) is 31.0 Å². The van der Waals surface area contributed by atoms with Crippen LogP contribution < -0.4 is 5.32 Å². The van der Waals surface area contributed by atoms with Crippen molar-refractivity contribution in [2.75, 3.05) is 33.3 Å². The van der Waals surface area contributed by atoms with Gasteiger partial charge in [0, 0.05) is 25.6 Å². The summed E-state index contributed by atoms with van der Waals surface area (Å²) >= 11 is 0. The largest absolute Gasteiger partial charge is 0.469 e. The molecule has 0 amide bonds. The second kappa shape index (κ2) is 11.5. The van der Waals surface area contributed by atoms with Crippen LogP contribution in [0.3, 0.4) is 0 Å². The SMILES string of the molecule is COC(=O)CC[C@@H](C)[C@H]1CCC2C3C(CC[C@@]21C)[C@@]1(C)CC[C@@H](NCCN2CCCCC2)C[C@H]1C[C@H]3O. The number of fused-ring (bicyclic) bond motifs is 5. The number of aliphatic hydroxyl groups is 1. The molecule has 5 rings (SSSR count).